The van der Waals surface area contributed by atoms with Gasteiger partial charge in [0.15, 0.2) is 0 Å². The lowest BCUT2D eigenvalue weighted by molar-refractivity contribution is -0.0355. The zero-order chi connectivity index (χ0) is 9.14. The molecule has 0 bridgehead atoms. The molecule has 1 saturated heterocycles. The Morgan fingerprint density at radius 2 is 1.83 bits per heavy atom. The summed E-state index contributed by atoms with van der Waals surface area (Å²) in [7, 11) is 0. The van der Waals surface area contributed by atoms with Crippen LogP contribution in [0.5, 0.6) is 0 Å². The molecule has 0 saturated carbocycles. The van der Waals surface area contributed by atoms with E-state index in [-0.39, 0.29) is 18.0 Å². The number of morpholine rings is 1. The van der Waals surface area contributed by atoms with Crippen LogP contribution in [0, 0.1) is 0 Å². The summed E-state index contributed by atoms with van der Waals surface area (Å²) in [6.07, 6.45) is 0. The van der Waals surface area contributed by atoms with Gasteiger partial charge in [-0.2, -0.15) is 0 Å². The van der Waals surface area contributed by atoms with E-state index in [4.69, 9.17) is 16.2 Å². The van der Waals surface area contributed by atoms with Crippen molar-refractivity contribution in [3.05, 3.63) is 0 Å². The Labute approximate surface area is 72.3 Å². The molecular weight excluding hydrogens is 156 g/mol. The molecule has 0 amide bonds. The third-order valence-corrected chi connectivity index (χ3v) is 1.85. The van der Waals surface area contributed by atoms with Gasteiger partial charge in [0, 0.05) is 0 Å². The zero-order valence-electron chi connectivity index (χ0n) is 7.53. The Hall–Kier alpha value is -0.970. The van der Waals surface area contributed by atoms with E-state index in [1.54, 1.807) is 0 Å². The van der Waals surface area contributed by atoms with Crippen molar-refractivity contribution in [3.8, 4) is 0 Å². The summed E-state index contributed by atoms with van der Waals surface area (Å²) in [5, 5.41) is 5.91. The molecule has 2 atom stereocenters. The molecule has 1 aliphatic rings. The first kappa shape index (κ1) is 9.12. The van der Waals surface area contributed by atoms with E-state index in [2.05, 4.69) is 5.10 Å². The van der Waals surface area contributed by atoms with E-state index in [1.165, 1.54) is 0 Å². The van der Waals surface area contributed by atoms with Gasteiger partial charge in [-0.25, -0.2) is 0 Å². The third kappa shape index (κ3) is 2.01. The molecule has 0 radical (unpaired) electrons. The minimum absolute atomic E-state index is 0.107. The van der Waals surface area contributed by atoms with E-state index in [0.29, 0.717) is 13.2 Å². The van der Waals surface area contributed by atoms with Crippen LogP contribution in [-0.4, -0.2) is 36.3 Å². The van der Waals surface area contributed by atoms with Crippen molar-refractivity contribution in [3.63, 3.8) is 0 Å². The fourth-order valence-corrected chi connectivity index (χ4v) is 1.33. The lowest BCUT2D eigenvalue weighted by Gasteiger charge is -2.36. The summed E-state index contributed by atoms with van der Waals surface area (Å²) in [6.45, 7) is 5.42. The van der Waals surface area contributed by atoms with Crippen LogP contribution < -0.4 is 11.5 Å². The summed E-state index contributed by atoms with van der Waals surface area (Å²) in [6, 6.07) is 0.492. The predicted molar refractivity (Wildman–Crippen MR) is 47.4 cm³/mol. The Kier molecular flexibility index (Phi) is 2.75. The first-order valence-corrected chi connectivity index (χ1v) is 4.07. The molecule has 1 rings (SSSR count). The molecular formula is C7H16N4O. The zero-order valence-corrected chi connectivity index (χ0v) is 7.53. The fourth-order valence-electron chi connectivity index (χ4n) is 1.33. The Morgan fingerprint density at radius 3 is 2.25 bits per heavy atom. The molecule has 70 valence electrons. The number of hydrogen-bond acceptors (Lipinski definition) is 3. The number of ether oxygens (including phenoxy) is 1. The highest BCUT2D eigenvalue weighted by Crippen LogP contribution is 2.12. The molecule has 12 heavy (non-hydrogen) atoms. The lowest BCUT2D eigenvalue weighted by atomic mass is 10.2. The van der Waals surface area contributed by atoms with Gasteiger partial charge in [-0.15, -0.1) is 5.10 Å². The van der Waals surface area contributed by atoms with Gasteiger partial charge < -0.3 is 16.2 Å². The molecule has 1 fully saturated rings. The highest BCUT2D eigenvalue weighted by Gasteiger charge is 2.23. The summed E-state index contributed by atoms with van der Waals surface area (Å²) in [5.41, 5.74) is 10.6. The van der Waals surface area contributed by atoms with Crippen LogP contribution in [0.3, 0.4) is 0 Å². The van der Waals surface area contributed by atoms with Crippen LogP contribution in [-0.2, 0) is 4.74 Å². The molecule has 0 aromatic heterocycles. The average Bonchev–Trinajstić information content (AvgIpc) is 1.97. The molecule has 5 nitrogen and oxygen atoms in total. The quantitative estimate of drug-likeness (QED) is 0.404. The molecule has 2 unspecified atom stereocenters. The molecule has 0 aromatic rings. The molecule has 5 heteroatoms. The number of nitrogens with zero attached hydrogens (tertiary/aromatic N) is 2. The van der Waals surface area contributed by atoms with Gasteiger partial charge in [0.25, 0.3) is 0 Å². The highest BCUT2D eigenvalue weighted by molar-refractivity contribution is 5.75. The first-order chi connectivity index (χ1) is 5.61. The molecule has 0 aliphatic carbocycles. The second-order valence-electron chi connectivity index (χ2n) is 3.14. The Balaban J connectivity index is 2.63. The van der Waals surface area contributed by atoms with Gasteiger partial charge >= 0.3 is 0 Å². The highest BCUT2D eigenvalue weighted by atomic mass is 16.5. The van der Waals surface area contributed by atoms with Gasteiger partial charge in [-0.3, -0.25) is 5.01 Å². The maximum absolute atomic E-state index is 5.31. The minimum Gasteiger partial charge on any atom is -0.377 e. The standard InChI is InChI=1S/C7H16N4O/c1-5-3-12-4-6(2)11(5)10-7(8)9/h5-6H,3-4H2,1-2H3,(H4,8,9,10). The second kappa shape index (κ2) is 3.62. The van der Waals surface area contributed by atoms with Crippen molar-refractivity contribution in [2.24, 2.45) is 16.6 Å². The summed E-state index contributed by atoms with van der Waals surface area (Å²) in [4.78, 5) is 0. The largest absolute Gasteiger partial charge is 0.377 e. The van der Waals surface area contributed by atoms with Crippen molar-refractivity contribution >= 4 is 5.96 Å². The third-order valence-electron chi connectivity index (χ3n) is 1.85. The topological polar surface area (TPSA) is 76.9 Å². The van der Waals surface area contributed by atoms with Crippen LogP contribution in [0.2, 0.25) is 0 Å². The van der Waals surface area contributed by atoms with E-state index < -0.39 is 0 Å². The van der Waals surface area contributed by atoms with Gasteiger partial charge in [-0.1, -0.05) is 0 Å². The maximum Gasteiger partial charge on any atom is 0.208 e. The lowest BCUT2D eigenvalue weighted by Crippen LogP contribution is -2.48. The smallest absolute Gasteiger partial charge is 0.208 e. The predicted octanol–water partition coefficient (Wildman–Crippen LogP) is -0.716. The number of hydrazone groups is 1. The first-order valence-electron chi connectivity index (χ1n) is 4.07. The molecule has 0 aromatic carbocycles. The van der Waals surface area contributed by atoms with Gasteiger partial charge in [0.05, 0.1) is 25.3 Å². The van der Waals surface area contributed by atoms with Crippen LogP contribution >= 0.6 is 0 Å². The average molecular weight is 172 g/mol. The number of hydrogen-bond donors (Lipinski definition) is 2. The second-order valence-corrected chi connectivity index (χ2v) is 3.14. The van der Waals surface area contributed by atoms with E-state index in [0.717, 1.165) is 0 Å². The SMILES string of the molecule is CC1COCC(C)N1N=C(N)N. The van der Waals surface area contributed by atoms with Crippen LogP contribution in [0.4, 0.5) is 0 Å². The van der Waals surface area contributed by atoms with E-state index >= 15 is 0 Å². The van der Waals surface area contributed by atoms with Crippen LogP contribution in [0.25, 0.3) is 0 Å². The van der Waals surface area contributed by atoms with Crippen molar-refractivity contribution in [2.75, 3.05) is 13.2 Å². The summed E-state index contributed by atoms with van der Waals surface area (Å²) < 4.78 is 5.31. The number of guanidine groups is 1. The van der Waals surface area contributed by atoms with Crippen molar-refractivity contribution in [1.29, 1.82) is 0 Å². The van der Waals surface area contributed by atoms with Crippen LogP contribution in [0.1, 0.15) is 13.8 Å². The number of nitrogens with two attached hydrogens (primary N) is 2. The Morgan fingerprint density at radius 1 is 1.33 bits per heavy atom. The summed E-state index contributed by atoms with van der Waals surface area (Å²) in [5.74, 6) is 0.107. The number of rotatable bonds is 1. The van der Waals surface area contributed by atoms with Crippen molar-refractivity contribution in [2.45, 2.75) is 25.9 Å². The van der Waals surface area contributed by atoms with E-state index in [9.17, 15) is 0 Å². The van der Waals surface area contributed by atoms with Crippen molar-refractivity contribution < 1.29 is 4.74 Å². The van der Waals surface area contributed by atoms with E-state index in [1.807, 2.05) is 18.9 Å². The monoisotopic (exact) mass is 172 g/mol. The molecule has 1 aliphatic heterocycles. The molecule has 1 heterocycles. The normalized spacial score (nSPS) is 30.0. The van der Waals surface area contributed by atoms with Crippen molar-refractivity contribution in [1.82, 2.24) is 5.01 Å². The fraction of sp³-hybridized carbons (Fsp3) is 0.857. The van der Waals surface area contributed by atoms with Gasteiger partial charge in [0.2, 0.25) is 5.96 Å². The van der Waals surface area contributed by atoms with Crippen LogP contribution in [0.15, 0.2) is 5.10 Å². The molecule has 4 N–H and O–H groups in total. The maximum atomic E-state index is 5.31. The van der Waals surface area contributed by atoms with Gasteiger partial charge in [0.1, 0.15) is 0 Å². The summed E-state index contributed by atoms with van der Waals surface area (Å²) >= 11 is 0. The van der Waals surface area contributed by atoms with Gasteiger partial charge in [-0.05, 0) is 13.8 Å². The molecule has 0 spiro atoms. The minimum atomic E-state index is 0.107. The Bertz CT molecular complexity index is 168.